The fraction of sp³-hybridized carbons (Fsp3) is 0.353. The van der Waals surface area contributed by atoms with E-state index in [2.05, 4.69) is 40.1 Å². The zero-order valence-electron chi connectivity index (χ0n) is 14.3. The fourth-order valence-electron chi connectivity index (χ4n) is 2.35. The second-order valence-corrected chi connectivity index (χ2v) is 6.61. The lowest BCUT2D eigenvalue weighted by atomic mass is 10.1. The van der Waals surface area contributed by atoms with Crippen LogP contribution in [0, 0.1) is 16.0 Å². The molecule has 0 bridgehead atoms. The number of hydrogen-bond acceptors (Lipinski definition) is 4. The summed E-state index contributed by atoms with van der Waals surface area (Å²) >= 11 is 1.77. The van der Waals surface area contributed by atoms with Gasteiger partial charge in [0.05, 0.1) is 4.92 Å². The Bertz CT molecular complexity index is 692. The molecule has 1 heterocycles. The molecule has 2 aromatic rings. The molecule has 1 aromatic heterocycles. The highest BCUT2D eigenvalue weighted by Gasteiger charge is 2.12. The molecule has 2 N–H and O–H groups in total. The molecule has 6 nitrogen and oxygen atoms in total. The van der Waals surface area contributed by atoms with Crippen LogP contribution in [-0.2, 0) is 13.0 Å². The van der Waals surface area contributed by atoms with Crippen molar-refractivity contribution in [3.8, 4) is 0 Å². The number of nitro benzene ring substituents is 1. The van der Waals surface area contributed by atoms with E-state index in [0.717, 1.165) is 13.0 Å². The zero-order chi connectivity index (χ0) is 17.4. The molecule has 0 saturated heterocycles. The molecule has 1 unspecified atom stereocenters. The molecule has 0 aliphatic carbocycles. The van der Waals surface area contributed by atoms with Crippen molar-refractivity contribution in [3.63, 3.8) is 0 Å². The van der Waals surface area contributed by atoms with Gasteiger partial charge in [-0.2, -0.15) is 0 Å². The molecule has 0 saturated carbocycles. The Morgan fingerprint density at radius 1 is 1.28 bits per heavy atom. The molecule has 0 amide bonds. The van der Waals surface area contributed by atoms with Crippen LogP contribution in [0.3, 0.4) is 0 Å². The van der Waals surface area contributed by atoms with E-state index in [9.17, 15) is 10.1 Å². The van der Waals surface area contributed by atoms with Crippen LogP contribution in [0.15, 0.2) is 46.8 Å². The van der Waals surface area contributed by atoms with Crippen molar-refractivity contribution < 1.29 is 4.92 Å². The Morgan fingerprint density at radius 2 is 2.04 bits per heavy atom. The maximum absolute atomic E-state index is 11.0. The summed E-state index contributed by atoms with van der Waals surface area (Å²) in [6, 6.07) is 10.9. The standard InChI is InChI=1S/C17H22N4O2S.HI/c1-13(10-15-7-5-9-24-15)11-19-17(18-2)20-12-14-6-3-4-8-16(14)21(22)23;/h3-9,13H,10-12H2,1-2H3,(H2,18,19,20);1H. The number of thiophene rings is 1. The number of hydrogen-bond donors (Lipinski definition) is 2. The first-order valence-corrected chi connectivity index (χ1v) is 8.67. The molecule has 2 rings (SSSR count). The van der Waals surface area contributed by atoms with Crippen LogP contribution in [0.1, 0.15) is 17.4 Å². The number of guanidine groups is 1. The van der Waals surface area contributed by atoms with E-state index >= 15 is 0 Å². The van der Waals surface area contributed by atoms with Crippen LogP contribution in [0.5, 0.6) is 0 Å². The van der Waals surface area contributed by atoms with Gasteiger partial charge in [-0.15, -0.1) is 35.3 Å². The molecule has 0 fully saturated rings. The van der Waals surface area contributed by atoms with Crippen molar-refractivity contribution in [2.24, 2.45) is 10.9 Å². The first-order valence-electron chi connectivity index (χ1n) is 7.79. The highest BCUT2D eigenvalue weighted by Crippen LogP contribution is 2.17. The average Bonchev–Trinajstić information content (AvgIpc) is 3.08. The molecule has 0 radical (unpaired) electrons. The molecule has 136 valence electrons. The van der Waals surface area contributed by atoms with Gasteiger partial charge in [-0.25, -0.2) is 0 Å². The number of nitrogens with zero attached hydrogens (tertiary/aromatic N) is 2. The van der Waals surface area contributed by atoms with Crippen molar-refractivity contribution in [2.75, 3.05) is 13.6 Å². The van der Waals surface area contributed by atoms with Crippen molar-refractivity contribution in [1.29, 1.82) is 0 Å². The van der Waals surface area contributed by atoms with Crippen LogP contribution >= 0.6 is 35.3 Å². The summed E-state index contributed by atoms with van der Waals surface area (Å²) in [6.45, 7) is 3.33. The Kier molecular flexibility index (Phi) is 9.43. The van der Waals surface area contributed by atoms with Gasteiger partial charge in [0, 0.05) is 36.6 Å². The van der Waals surface area contributed by atoms with E-state index in [1.54, 1.807) is 36.6 Å². The van der Waals surface area contributed by atoms with Crippen LogP contribution in [0.2, 0.25) is 0 Å². The summed E-state index contributed by atoms with van der Waals surface area (Å²) in [4.78, 5) is 16.2. The van der Waals surface area contributed by atoms with Crippen molar-refractivity contribution in [2.45, 2.75) is 19.9 Å². The molecule has 0 spiro atoms. The molecule has 0 aliphatic rings. The predicted octanol–water partition coefficient (Wildman–Crippen LogP) is 3.82. The summed E-state index contributed by atoms with van der Waals surface area (Å²) in [5, 5.41) is 19.5. The molecule has 25 heavy (non-hydrogen) atoms. The Hall–Kier alpha value is -1.68. The van der Waals surface area contributed by atoms with Gasteiger partial charge in [-0.1, -0.05) is 31.2 Å². The molecule has 1 aromatic carbocycles. The number of aliphatic imine (C=N–C) groups is 1. The van der Waals surface area contributed by atoms with Gasteiger partial charge in [0.15, 0.2) is 5.96 Å². The third kappa shape index (κ3) is 6.99. The van der Waals surface area contributed by atoms with Crippen LogP contribution in [0.25, 0.3) is 0 Å². The topological polar surface area (TPSA) is 79.6 Å². The molecular weight excluding hydrogens is 451 g/mol. The average molecular weight is 474 g/mol. The first-order chi connectivity index (χ1) is 11.6. The lowest BCUT2D eigenvalue weighted by molar-refractivity contribution is -0.385. The smallest absolute Gasteiger partial charge is 0.274 e. The minimum Gasteiger partial charge on any atom is -0.356 e. The lowest BCUT2D eigenvalue weighted by Gasteiger charge is -2.15. The number of para-hydroxylation sites is 1. The summed E-state index contributed by atoms with van der Waals surface area (Å²) in [5.74, 6) is 1.11. The molecule has 0 aliphatic heterocycles. The number of nitro groups is 1. The summed E-state index contributed by atoms with van der Waals surface area (Å²) in [7, 11) is 1.69. The monoisotopic (exact) mass is 474 g/mol. The first kappa shape index (κ1) is 21.4. The third-order valence-corrected chi connectivity index (χ3v) is 4.50. The second-order valence-electron chi connectivity index (χ2n) is 5.58. The van der Waals surface area contributed by atoms with Gasteiger partial charge in [-0.3, -0.25) is 15.1 Å². The highest BCUT2D eigenvalue weighted by atomic mass is 127. The Balaban J connectivity index is 0.00000312. The summed E-state index contributed by atoms with van der Waals surface area (Å²) in [5.41, 5.74) is 0.753. The number of nitrogens with one attached hydrogen (secondary N) is 2. The number of benzene rings is 1. The zero-order valence-corrected chi connectivity index (χ0v) is 17.4. The number of halogens is 1. The van der Waals surface area contributed by atoms with E-state index in [4.69, 9.17) is 0 Å². The van der Waals surface area contributed by atoms with E-state index < -0.39 is 0 Å². The summed E-state index contributed by atoms with van der Waals surface area (Å²) < 4.78 is 0. The Labute approximate surface area is 168 Å². The second kappa shape index (κ2) is 11.0. The van der Waals surface area contributed by atoms with Crippen molar-refractivity contribution >= 4 is 47.0 Å². The molecular formula is C17H23IN4O2S. The fourth-order valence-corrected chi connectivity index (χ4v) is 3.22. The third-order valence-electron chi connectivity index (χ3n) is 3.61. The summed E-state index contributed by atoms with van der Waals surface area (Å²) in [6.07, 6.45) is 1.02. The largest absolute Gasteiger partial charge is 0.356 e. The van der Waals surface area contributed by atoms with Crippen LogP contribution in [0.4, 0.5) is 5.69 Å². The van der Waals surface area contributed by atoms with Gasteiger partial charge < -0.3 is 10.6 Å². The minimum atomic E-state index is -0.365. The van der Waals surface area contributed by atoms with Crippen LogP contribution < -0.4 is 10.6 Å². The van der Waals surface area contributed by atoms with Gasteiger partial charge in [0.25, 0.3) is 5.69 Å². The van der Waals surface area contributed by atoms with E-state index in [1.807, 2.05) is 0 Å². The molecule has 1 atom stereocenters. The van der Waals surface area contributed by atoms with Gasteiger partial charge in [0.1, 0.15) is 0 Å². The van der Waals surface area contributed by atoms with Crippen LogP contribution in [-0.4, -0.2) is 24.5 Å². The van der Waals surface area contributed by atoms with E-state index in [1.165, 1.54) is 10.9 Å². The SMILES string of the molecule is CN=C(NCc1ccccc1[N+](=O)[O-])NCC(C)Cc1cccs1.I. The lowest BCUT2D eigenvalue weighted by Crippen LogP contribution is -2.39. The maximum atomic E-state index is 11.0. The highest BCUT2D eigenvalue weighted by molar-refractivity contribution is 14.0. The van der Waals surface area contributed by atoms with Gasteiger partial charge >= 0.3 is 0 Å². The van der Waals surface area contributed by atoms with Crippen molar-refractivity contribution in [3.05, 3.63) is 62.3 Å². The number of rotatable bonds is 7. The van der Waals surface area contributed by atoms with Gasteiger partial charge in [-0.05, 0) is 23.8 Å². The molecule has 8 heteroatoms. The van der Waals surface area contributed by atoms with E-state index in [0.29, 0.717) is 24.0 Å². The predicted molar refractivity (Wildman–Crippen MR) is 114 cm³/mol. The normalized spacial score (nSPS) is 12.2. The van der Waals surface area contributed by atoms with Gasteiger partial charge in [0.2, 0.25) is 0 Å². The Morgan fingerprint density at radius 3 is 2.68 bits per heavy atom. The maximum Gasteiger partial charge on any atom is 0.274 e. The quantitative estimate of drug-likeness (QED) is 0.210. The minimum absolute atomic E-state index is 0. The van der Waals surface area contributed by atoms with Crippen molar-refractivity contribution in [1.82, 2.24) is 10.6 Å². The van der Waals surface area contributed by atoms with E-state index in [-0.39, 0.29) is 34.6 Å².